The highest BCUT2D eigenvalue weighted by Crippen LogP contribution is 2.24. The zero-order valence-corrected chi connectivity index (χ0v) is 11.6. The van der Waals surface area contributed by atoms with Crippen LogP contribution in [-0.2, 0) is 6.61 Å². The standard InChI is InChI=1S/C15H13BrO2/c1-11(17)13-8-6-12(7-9-13)10-18-15-5-3-2-4-14(15)16/h2-9H,10H2,1H3. The predicted molar refractivity (Wildman–Crippen MR) is 74.9 cm³/mol. The van der Waals surface area contributed by atoms with Gasteiger partial charge in [0.15, 0.2) is 5.78 Å². The third-order valence-corrected chi connectivity index (χ3v) is 3.25. The van der Waals surface area contributed by atoms with E-state index >= 15 is 0 Å². The number of carbonyl (C=O) groups excluding carboxylic acids is 1. The van der Waals surface area contributed by atoms with E-state index in [1.165, 1.54) is 0 Å². The van der Waals surface area contributed by atoms with Crippen LogP contribution in [0.1, 0.15) is 22.8 Å². The molecule has 3 heteroatoms. The Balaban J connectivity index is 2.02. The Kier molecular flexibility index (Phi) is 4.15. The lowest BCUT2D eigenvalue weighted by Crippen LogP contribution is -1.97. The van der Waals surface area contributed by atoms with E-state index in [0.29, 0.717) is 6.61 Å². The maximum Gasteiger partial charge on any atom is 0.159 e. The van der Waals surface area contributed by atoms with Gasteiger partial charge in [0.05, 0.1) is 4.47 Å². The monoisotopic (exact) mass is 304 g/mol. The van der Waals surface area contributed by atoms with Crippen LogP contribution in [-0.4, -0.2) is 5.78 Å². The van der Waals surface area contributed by atoms with Crippen LogP contribution in [0.3, 0.4) is 0 Å². The maximum absolute atomic E-state index is 11.1. The molecule has 0 atom stereocenters. The molecular formula is C15H13BrO2. The Morgan fingerprint density at radius 2 is 1.78 bits per heavy atom. The minimum atomic E-state index is 0.0771. The molecule has 0 heterocycles. The van der Waals surface area contributed by atoms with Gasteiger partial charge in [0.1, 0.15) is 12.4 Å². The Morgan fingerprint density at radius 3 is 2.39 bits per heavy atom. The molecule has 92 valence electrons. The van der Waals surface area contributed by atoms with Crippen LogP contribution in [0.4, 0.5) is 0 Å². The van der Waals surface area contributed by atoms with Crippen LogP contribution in [0.15, 0.2) is 53.0 Å². The number of halogens is 1. The molecule has 18 heavy (non-hydrogen) atoms. The molecule has 0 N–H and O–H groups in total. The van der Waals surface area contributed by atoms with E-state index in [1.54, 1.807) is 6.92 Å². The summed E-state index contributed by atoms with van der Waals surface area (Å²) in [6.45, 7) is 2.05. The molecule has 0 aliphatic heterocycles. The summed E-state index contributed by atoms with van der Waals surface area (Å²) in [6.07, 6.45) is 0. The first-order valence-corrected chi connectivity index (χ1v) is 6.43. The molecule has 0 saturated carbocycles. The molecular weight excluding hydrogens is 292 g/mol. The highest BCUT2D eigenvalue weighted by atomic mass is 79.9. The quantitative estimate of drug-likeness (QED) is 0.790. The zero-order chi connectivity index (χ0) is 13.0. The van der Waals surface area contributed by atoms with E-state index in [1.807, 2.05) is 48.5 Å². The minimum Gasteiger partial charge on any atom is -0.488 e. The van der Waals surface area contributed by atoms with E-state index in [4.69, 9.17) is 4.74 Å². The summed E-state index contributed by atoms with van der Waals surface area (Å²) >= 11 is 3.43. The topological polar surface area (TPSA) is 26.3 Å². The molecule has 0 radical (unpaired) electrons. The van der Waals surface area contributed by atoms with E-state index in [2.05, 4.69) is 15.9 Å². The van der Waals surface area contributed by atoms with Crippen molar-refractivity contribution in [3.8, 4) is 5.75 Å². The molecule has 0 spiro atoms. The van der Waals surface area contributed by atoms with E-state index in [9.17, 15) is 4.79 Å². The molecule has 0 aliphatic carbocycles. The minimum absolute atomic E-state index is 0.0771. The fraction of sp³-hybridized carbons (Fsp3) is 0.133. The van der Waals surface area contributed by atoms with Gasteiger partial charge in [-0.05, 0) is 40.5 Å². The fourth-order valence-electron chi connectivity index (χ4n) is 1.56. The van der Waals surface area contributed by atoms with Crippen molar-refractivity contribution in [3.63, 3.8) is 0 Å². The molecule has 2 nitrogen and oxygen atoms in total. The van der Waals surface area contributed by atoms with E-state index in [0.717, 1.165) is 21.3 Å². The highest BCUT2D eigenvalue weighted by Gasteiger charge is 2.02. The number of para-hydroxylation sites is 1. The van der Waals surface area contributed by atoms with E-state index in [-0.39, 0.29) is 5.78 Å². The molecule has 0 aromatic heterocycles. The van der Waals surface area contributed by atoms with Crippen molar-refractivity contribution >= 4 is 21.7 Å². The fourth-order valence-corrected chi connectivity index (χ4v) is 1.96. The van der Waals surface area contributed by atoms with E-state index < -0.39 is 0 Å². The largest absolute Gasteiger partial charge is 0.488 e. The summed E-state index contributed by atoms with van der Waals surface area (Å²) in [5, 5.41) is 0. The van der Waals surface area contributed by atoms with Crippen LogP contribution in [0.5, 0.6) is 5.75 Å². The smallest absolute Gasteiger partial charge is 0.159 e. The van der Waals surface area contributed by atoms with Gasteiger partial charge in [-0.2, -0.15) is 0 Å². The predicted octanol–water partition coefficient (Wildman–Crippen LogP) is 4.23. The summed E-state index contributed by atoms with van der Waals surface area (Å²) in [7, 11) is 0. The summed E-state index contributed by atoms with van der Waals surface area (Å²) in [5.74, 6) is 0.890. The van der Waals surface area contributed by atoms with Crippen molar-refractivity contribution < 1.29 is 9.53 Å². The van der Waals surface area contributed by atoms with Gasteiger partial charge in [-0.3, -0.25) is 4.79 Å². The molecule has 0 aliphatic rings. The molecule has 2 aromatic carbocycles. The highest BCUT2D eigenvalue weighted by molar-refractivity contribution is 9.10. The van der Waals surface area contributed by atoms with Crippen molar-refractivity contribution in [1.29, 1.82) is 0 Å². The third kappa shape index (κ3) is 3.20. The molecule has 0 amide bonds. The van der Waals surface area contributed by atoms with Crippen LogP contribution in [0, 0.1) is 0 Å². The Labute approximate surface area is 115 Å². The first-order valence-electron chi connectivity index (χ1n) is 5.64. The summed E-state index contributed by atoms with van der Waals surface area (Å²) in [6, 6.07) is 15.2. The van der Waals surface area contributed by atoms with Gasteiger partial charge in [-0.25, -0.2) is 0 Å². The van der Waals surface area contributed by atoms with Crippen molar-refractivity contribution in [2.24, 2.45) is 0 Å². The lowest BCUT2D eigenvalue weighted by molar-refractivity contribution is 0.101. The Bertz CT molecular complexity index is 547. The summed E-state index contributed by atoms with van der Waals surface area (Å²) in [5.41, 5.74) is 1.76. The second kappa shape index (κ2) is 5.83. The molecule has 0 saturated heterocycles. The number of hydrogen-bond acceptors (Lipinski definition) is 2. The molecule has 0 fully saturated rings. The van der Waals surface area contributed by atoms with Gasteiger partial charge >= 0.3 is 0 Å². The summed E-state index contributed by atoms with van der Waals surface area (Å²) in [4.78, 5) is 11.1. The lowest BCUT2D eigenvalue weighted by Gasteiger charge is -2.08. The Hall–Kier alpha value is -1.61. The first kappa shape index (κ1) is 12.8. The molecule has 0 unspecified atom stereocenters. The number of ketones is 1. The van der Waals surface area contributed by atoms with Gasteiger partial charge in [0.2, 0.25) is 0 Å². The number of ether oxygens (including phenoxy) is 1. The normalized spacial score (nSPS) is 10.1. The Morgan fingerprint density at radius 1 is 1.11 bits per heavy atom. The van der Waals surface area contributed by atoms with Gasteiger partial charge in [0, 0.05) is 5.56 Å². The average molecular weight is 305 g/mol. The number of rotatable bonds is 4. The number of carbonyl (C=O) groups is 1. The van der Waals surface area contributed by atoms with Crippen LogP contribution >= 0.6 is 15.9 Å². The van der Waals surface area contributed by atoms with Crippen molar-refractivity contribution in [2.45, 2.75) is 13.5 Å². The molecule has 0 bridgehead atoms. The number of Topliss-reactive ketones (excluding diaryl/α,β-unsaturated/α-hetero) is 1. The summed E-state index contributed by atoms with van der Waals surface area (Å²) < 4.78 is 6.63. The second-order valence-corrected chi connectivity index (χ2v) is 4.83. The SMILES string of the molecule is CC(=O)c1ccc(COc2ccccc2Br)cc1. The van der Waals surface area contributed by atoms with Gasteiger partial charge in [-0.1, -0.05) is 36.4 Å². The average Bonchev–Trinajstić information content (AvgIpc) is 2.38. The van der Waals surface area contributed by atoms with Gasteiger partial charge in [-0.15, -0.1) is 0 Å². The second-order valence-electron chi connectivity index (χ2n) is 3.97. The number of hydrogen-bond donors (Lipinski definition) is 0. The first-order chi connectivity index (χ1) is 8.66. The zero-order valence-electron chi connectivity index (χ0n) is 10.0. The van der Waals surface area contributed by atoms with Gasteiger partial charge in [0.25, 0.3) is 0 Å². The van der Waals surface area contributed by atoms with Crippen LogP contribution in [0.25, 0.3) is 0 Å². The van der Waals surface area contributed by atoms with Crippen LogP contribution in [0.2, 0.25) is 0 Å². The number of benzene rings is 2. The third-order valence-electron chi connectivity index (χ3n) is 2.59. The van der Waals surface area contributed by atoms with Crippen molar-refractivity contribution in [1.82, 2.24) is 0 Å². The lowest BCUT2D eigenvalue weighted by atomic mass is 10.1. The van der Waals surface area contributed by atoms with Crippen molar-refractivity contribution in [2.75, 3.05) is 0 Å². The molecule has 2 rings (SSSR count). The maximum atomic E-state index is 11.1. The van der Waals surface area contributed by atoms with Gasteiger partial charge < -0.3 is 4.74 Å². The van der Waals surface area contributed by atoms with Crippen molar-refractivity contribution in [3.05, 3.63) is 64.1 Å². The van der Waals surface area contributed by atoms with Crippen LogP contribution < -0.4 is 4.74 Å². The molecule has 2 aromatic rings.